The minimum Gasteiger partial charge on any atom is -0.327 e. The lowest BCUT2D eigenvalue weighted by Crippen LogP contribution is -2.01. The van der Waals surface area contributed by atoms with E-state index in [1.807, 2.05) is 35.8 Å². The van der Waals surface area contributed by atoms with Crippen molar-refractivity contribution in [1.29, 1.82) is 0 Å². The van der Waals surface area contributed by atoms with Crippen molar-refractivity contribution in [3.63, 3.8) is 0 Å². The van der Waals surface area contributed by atoms with Crippen LogP contribution in [0, 0.1) is 13.8 Å². The van der Waals surface area contributed by atoms with Gasteiger partial charge in [0.15, 0.2) is 6.29 Å². The van der Waals surface area contributed by atoms with E-state index in [0.717, 1.165) is 22.8 Å². The topological polar surface area (TPSA) is 22.0 Å². The molecule has 0 aliphatic carbocycles. The van der Waals surface area contributed by atoms with Crippen LogP contribution in [-0.4, -0.2) is 10.9 Å². The van der Waals surface area contributed by atoms with E-state index in [2.05, 4.69) is 25.1 Å². The molecule has 106 valence electrons. The Balaban J connectivity index is 2.22. The maximum atomic E-state index is 11.4. The minimum absolute atomic E-state index is 0.508. The summed E-state index contributed by atoms with van der Waals surface area (Å²) < 4.78 is 2.01. The van der Waals surface area contributed by atoms with E-state index in [1.165, 1.54) is 11.1 Å². The Morgan fingerprint density at radius 3 is 2.62 bits per heavy atom. The van der Waals surface area contributed by atoms with E-state index in [9.17, 15) is 4.79 Å². The van der Waals surface area contributed by atoms with Gasteiger partial charge in [0.25, 0.3) is 0 Å². The highest BCUT2D eigenvalue weighted by atomic mass is 35.5. The van der Waals surface area contributed by atoms with Gasteiger partial charge in [0.1, 0.15) is 5.15 Å². The number of carbonyl (C=O) groups excluding carboxylic acids is 1. The highest BCUT2D eigenvalue weighted by Gasteiger charge is 2.15. The zero-order chi connectivity index (χ0) is 15.0. The Morgan fingerprint density at radius 1 is 1.14 bits per heavy atom. The highest BCUT2D eigenvalue weighted by Crippen LogP contribution is 2.30. The zero-order valence-electron chi connectivity index (χ0n) is 12.1. The van der Waals surface area contributed by atoms with Crippen molar-refractivity contribution in [1.82, 2.24) is 4.57 Å². The summed E-state index contributed by atoms with van der Waals surface area (Å²) in [6.45, 7) is 4.79. The van der Waals surface area contributed by atoms with Gasteiger partial charge in [-0.25, -0.2) is 0 Å². The van der Waals surface area contributed by atoms with E-state index in [-0.39, 0.29) is 0 Å². The molecule has 0 saturated carbocycles. The smallest absolute Gasteiger partial charge is 0.153 e. The summed E-state index contributed by atoms with van der Waals surface area (Å²) in [5, 5.41) is 1.42. The molecule has 3 heteroatoms. The molecule has 0 unspecified atom stereocenters. The van der Waals surface area contributed by atoms with Gasteiger partial charge in [0.2, 0.25) is 0 Å². The fourth-order valence-electron chi connectivity index (χ4n) is 2.68. The number of fused-ring (bicyclic) bond motifs is 1. The molecule has 2 nitrogen and oxygen atoms in total. The van der Waals surface area contributed by atoms with Gasteiger partial charge in [0.05, 0.1) is 11.1 Å². The van der Waals surface area contributed by atoms with E-state index in [4.69, 9.17) is 11.6 Å². The van der Waals surface area contributed by atoms with E-state index in [0.29, 0.717) is 17.3 Å². The monoisotopic (exact) mass is 297 g/mol. The predicted octanol–water partition coefficient (Wildman–Crippen LogP) is 4.77. The highest BCUT2D eigenvalue weighted by molar-refractivity contribution is 6.34. The Hall–Kier alpha value is -2.06. The van der Waals surface area contributed by atoms with Crippen molar-refractivity contribution >= 4 is 28.8 Å². The lowest BCUT2D eigenvalue weighted by atomic mass is 10.1. The van der Waals surface area contributed by atoms with E-state index < -0.39 is 0 Å². The normalized spacial score (nSPS) is 11.0. The molecular formula is C18H16ClNO. The van der Waals surface area contributed by atoms with Crippen LogP contribution in [0.1, 0.15) is 27.0 Å². The summed E-state index contributed by atoms with van der Waals surface area (Å²) in [5.74, 6) is 0. The lowest BCUT2D eigenvalue weighted by Gasteiger charge is -2.10. The molecule has 0 N–H and O–H groups in total. The summed E-state index contributed by atoms with van der Waals surface area (Å²) in [6.07, 6.45) is 0.842. The second-order valence-electron chi connectivity index (χ2n) is 5.36. The van der Waals surface area contributed by atoms with Crippen LogP contribution in [0.5, 0.6) is 0 Å². The summed E-state index contributed by atoms with van der Waals surface area (Å²) in [4.78, 5) is 11.4. The number of benzene rings is 2. The number of carbonyl (C=O) groups is 1. The maximum absolute atomic E-state index is 11.4. The number of halogens is 1. The Bertz CT molecular complexity index is 833. The van der Waals surface area contributed by atoms with Gasteiger partial charge in [-0.1, -0.05) is 48.0 Å². The molecule has 0 saturated heterocycles. The largest absolute Gasteiger partial charge is 0.327 e. The van der Waals surface area contributed by atoms with Gasteiger partial charge in [-0.2, -0.15) is 0 Å². The summed E-state index contributed by atoms with van der Waals surface area (Å²) in [7, 11) is 0. The quantitative estimate of drug-likeness (QED) is 0.638. The number of hydrogen-bond donors (Lipinski definition) is 0. The standard InChI is InChI=1S/C18H16ClNO/c1-12-7-8-15-16(11-21)18(19)20(17(15)9-12)10-14-6-4-3-5-13(14)2/h3-9,11H,10H2,1-2H3. The Labute approximate surface area is 129 Å². The lowest BCUT2D eigenvalue weighted by molar-refractivity contribution is 0.112. The summed E-state index contributed by atoms with van der Waals surface area (Å²) in [6, 6.07) is 14.3. The van der Waals surface area contributed by atoms with Crippen LogP contribution in [0.4, 0.5) is 0 Å². The second kappa shape index (κ2) is 5.38. The third-order valence-electron chi connectivity index (χ3n) is 3.90. The van der Waals surface area contributed by atoms with E-state index >= 15 is 0 Å². The molecule has 0 spiro atoms. The molecule has 1 heterocycles. The molecule has 21 heavy (non-hydrogen) atoms. The molecule has 3 rings (SSSR count). The molecule has 0 atom stereocenters. The van der Waals surface area contributed by atoms with Crippen molar-refractivity contribution in [2.75, 3.05) is 0 Å². The number of hydrogen-bond acceptors (Lipinski definition) is 1. The second-order valence-corrected chi connectivity index (χ2v) is 5.71. The third kappa shape index (κ3) is 2.36. The summed E-state index contributed by atoms with van der Waals surface area (Å²) >= 11 is 6.44. The van der Waals surface area contributed by atoms with Gasteiger partial charge >= 0.3 is 0 Å². The van der Waals surface area contributed by atoms with Crippen molar-refractivity contribution in [2.45, 2.75) is 20.4 Å². The maximum Gasteiger partial charge on any atom is 0.153 e. The number of aldehydes is 1. The van der Waals surface area contributed by atoms with Crippen LogP contribution in [0.3, 0.4) is 0 Å². The average Bonchev–Trinajstić information content (AvgIpc) is 2.73. The molecule has 3 aromatic rings. The van der Waals surface area contributed by atoms with Gasteiger partial charge in [-0.05, 0) is 36.6 Å². The van der Waals surface area contributed by atoms with Crippen LogP contribution in [0.25, 0.3) is 10.9 Å². The van der Waals surface area contributed by atoms with Crippen LogP contribution < -0.4 is 0 Å². The van der Waals surface area contributed by atoms with Gasteiger partial charge in [0, 0.05) is 11.9 Å². The third-order valence-corrected chi connectivity index (χ3v) is 4.31. The molecular weight excluding hydrogens is 282 g/mol. The van der Waals surface area contributed by atoms with Crippen molar-refractivity contribution in [3.8, 4) is 0 Å². The van der Waals surface area contributed by atoms with Gasteiger partial charge < -0.3 is 4.57 Å². The molecule has 0 aliphatic heterocycles. The first-order chi connectivity index (χ1) is 10.1. The number of rotatable bonds is 3. The van der Waals surface area contributed by atoms with Crippen molar-refractivity contribution in [3.05, 3.63) is 69.9 Å². The molecule has 1 aromatic heterocycles. The van der Waals surface area contributed by atoms with Crippen LogP contribution in [0.15, 0.2) is 42.5 Å². The number of aryl methyl sites for hydroxylation is 2. The molecule has 0 bridgehead atoms. The average molecular weight is 298 g/mol. The molecule has 0 fully saturated rings. The minimum atomic E-state index is 0.508. The number of aromatic nitrogens is 1. The van der Waals surface area contributed by atoms with Crippen LogP contribution >= 0.6 is 11.6 Å². The fourth-order valence-corrected chi connectivity index (χ4v) is 2.98. The van der Waals surface area contributed by atoms with Gasteiger partial charge in [-0.15, -0.1) is 0 Å². The fraction of sp³-hybridized carbons (Fsp3) is 0.167. The zero-order valence-corrected chi connectivity index (χ0v) is 12.8. The summed E-state index contributed by atoms with van der Waals surface area (Å²) in [5.41, 5.74) is 5.15. The Morgan fingerprint density at radius 2 is 1.90 bits per heavy atom. The Kier molecular flexibility index (Phi) is 3.56. The van der Waals surface area contributed by atoms with E-state index in [1.54, 1.807) is 0 Å². The van der Waals surface area contributed by atoms with Crippen LogP contribution in [0.2, 0.25) is 5.15 Å². The van der Waals surface area contributed by atoms with Crippen molar-refractivity contribution in [2.24, 2.45) is 0 Å². The van der Waals surface area contributed by atoms with Crippen LogP contribution in [-0.2, 0) is 6.54 Å². The molecule has 0 aliphatic rings. The SMILES string of the molecule is Cc1ccc2c(C=O)c(Cl)n(Cc3ccccc3C)c2c1. The first kappa shape index (κ1) is 13.9. The predicted molar refractivity (Wildman–Crippen MR) is 87.4 cm³/mol. The molecule has 2 aromatic carbocycles. The van der Waals surface area contributed by atoms with Crippen molar-refractivity contribution < 1.29 is 4.79 Å². The van der Waals surface area contributed by atoms with Gasteiger partial charge in [-0.3, -0.25) is 4.79 Å². The molecule has 0 radical (unpaired) electrons. The molecule has 0 amide bonds. The number of nitrogens with zero attached hydrogens (tertiary/aromatic N) is 1. The first-order valence-electron chi connectivity index (χ1n) is 6.90. The first-order valence-corrected chi connectivity index (χ1v) is 7.27.